The van der Waals surface area contributed by atoms with Gasteiger partial charge in [-0.25, -0.2) is 0 Å². The van der Waals surface area contributed by atoms with Crippen molar-refractivity contribution >= 4 is 17.3 Å². The van der Waals surface area contributed by atoms with Crippen molar-refractivity contribution in [2.75, 3.05) is 5.32 Å². The van der Waals surface area contributed by atoms with Gasteiger partial charge in [-0.05, 0) is 42.5 Å². The molecule has 1 nitrogen and oxygen atoms in total. The van der Waals surface area contributed by atoms with Crippen molar-refractivity contribution in [1.29, 1.82) is 0 Å². The van der Waals surface area contributed by atoms with Gasteiger partial charge in [0, 0.05) is 6.04 Å². The second-order valence-electron chi connectivity index (χ2n) is 5.62. The minimum atomic E-state index is 0.231. The highest BCUT2D eigenvalue weighted by atomic mass is 35.5. The number of rotatable bonds is 4. The molecule has 0 amide bonds. The lowest BCUT2D eigenvalue weighted by molar-refractivity contribution is 0.851. The standard InChI is InChI=1S/C18H22ClN/c1-12(2)15-8-10-16(11-9-15)14(4)20-18-13(3)6-5-7-17(18)19/h5-12,14,20H,1-4H3. The topological polar surface area (TPSA) is 12.0 Å². The molecule has 2 rings (SSSR count). The van der Waals surface area contributed by atoms with E-state index < -0.39 is 0 Å². The minimum absolute atomic E-state index is 0.231. The van der Waals surface area contributed by atoms with E-state index in [1.54, 1.807) is 0 Å². The Morgan fingerprint density at radius 2 is 1.50 bits per heavy atom. The molecule has 1 N–H and O–H groups in total. The number of halogens is 1. The quantitative estimate of drug-likeness (QED) is 0.733. The van der Waals surface area contributed by atoms with Gasteiger partial charge in [-0.1, -0.05) is 61.8 Å². The van der Waals surface area contributed by atoms with Crippen LogP contribution in [0, 0.1) is 6.92 Å². The molecule has 20 heavy (non-hydrogen) atoms. The Bertz CT molecular complexity index is 552. The zero-order chi connectivity index (χ0) is 14.7. The molecule has 0 saturated heterocycles. The van der Waals surface area contributed by atoms with E-state index in [2.05, 4.69) is 63.3 Å². The fourth-order valence-electron chi connectivity index (χ4n) is 2.28. The van der Waals surface area contributed by atoms with Gasteiger partial charge in [-0.15, -0.1) is 0 Å². The first-order valence-electron chi connectivity index (χ1n) is 7.10. The molecule has 0 spiro atoms. The van der Waals surface area contributed by atoms with Crippen LogP contribution < -0.4 is 5.32 Å². The molecule has 1 atom stereocenters. The Hall–Kier alpha value is -1.47. The largest absolute Gasteiger partial charge is 0.377 e. The molecule has 106 valence electrons. The average Bonchev–Trinajstić information content (AvgIpc) is 2.43. The summed E-state index contributed by atoms with van der Waals surface area (Å²) in [6.07, 6.45) is 0. The molecule has 2 aromatic rings. The van der Waals surface area contributed by atoms with E-state index in [1.165, 1.54) is 16.7 Å². The summed E-state index contributed by atoms with van der Waals surface area (Å²) in [4.78, 5) is 0. The zero-order valence-electron chi connectivity index (χ0n) is 12.6. The van der Waals surface area contributed by atoms with Crippen molar-refractivity contribution in [3.05, 3.63) is 64.2 Å². The Morgan fingerprint density at radius 1 is 0.900 bits per heavy atom. The molecule has 0 aliphatic rings. The molecule has 0 fully saturated rings. The molecule has 0 aliphatic carbocycles. The van der Waals surface area contributed by atoms with Gasteiger partial charge in [0.25, 0.3) is 0 Å². The van der Waals surface area contributed by atoms with Gasteiger partial charge < -0.3 is 5.32 Å². The number of para-hydroxylation sites is 1. The number of nitrogens with one attached hydrogen (secondary N) is 1. The molecule has 0 radical (unpaired) electrons. The van der Waals surface area contributed by atoms with Crippen molar-refractivity contribution in [3.8, 4) is 0 Å². The van der Waals surface area contributed by atoms with Crippen molar-refractivity contribution in [2.45, 2.75) is 39.7 Å². The molecule has 0 aliphatic heterocycles. The first-order chi connectivity index (χ1) is 9.49. The van der Waals surface area contributed by atoms with Gasteiger partial charge in [0.15, 0.2) is 0 Å². The Labute approximate surface area is 127 Å². The van der Waals surface area contributed by atoms with Crippen LogP contribution in [0.25, 0.3) is 0 Å². The predicted molar refractivity (Wildman–Crippen MR) is 88.8 cm³/mol. The third kappa shape index (κ3) is 3.34. The van der Waals surface area contributed by atoms with E-state index >= 15 is 0 Å². The monoisotopic (exact) mass is 287 g/mol. The Morgan fingerprint density at radius 3 is 2.05 bits per heavy atom. The third-order valence-corrected chi connectivity index (χ3v) is 4.00. The van der Waals surface area contributed by atoms with E-state index in [4.69, 9.17) is 11.6 Å². The van der Waals surface area contributed by atoms with Crippen LogP contribution in [-0.2, 0) is 0 Å². The van der Waals surface area contributed by atoms with Crippen LogP contribution >= 0.6 is 11.6 Å². The van der Waals surface area contributed by atoms with E-state index in [0.717, 1.165) is 10.7 Å². The Kier molecular flexibility index (Phi) is 4.72. The normalized spacial score (nSPS) is 12.5. The SMILES string of the molecule is Cc1cccc(Cl)c1NC(C)c1ccc(C(C)C)cc1. The van der Waals surface area contributed by atoms with Crippen LogP contribution in [0.1, 0.15) is 49.4 Å². The molecular weight excluding hydrogens is 266 g/mol. The second kappa shape index (κ2) is 6.32. The van der Waals surface area contributed by atoms with Crippen molar-refractivity contribution in [2.24, 2.45) is 0 Å². The van der Waals surface area contributed by atoms with Gasteiger partial charge in [0.1, 0.15) is 0 Å². The fourth-order valence-corrected chi connectivity index (χ4v) is 2.56. The minimum Gasteiger partial charge on any atom is -0.377 e. The lowest BCUT2D eigenvalue weighted by Crippen LogP contribution is -2.08. The predicted octanol–water partition coefficient (Wildman–Crippen LogP) is 5.94. The summed E-state index contributed by atoms with van der Waals surface area (Å²) in [6.45, 7) is 8.66. The van der Waals surface area contributed by atoms with Crippen molar-refractivity contribution in [3.63, 3.8) is 0 Å². The smallest absolute Gasteiger partial charge is 0.0640 e. The van der Waals surface area contributed by atoms with E-state index in [0.29, 0.717) is 5.92 Å². The Balaban J connectivity index is 2.17. The first-order valence-corrected chi connectivity index (χ1v) is 7.48. The molecule has 0 saturated carbocycles. The first kappa shape index (κ1) is 14.9. The van der Waals surface area contributed by atoms with Crippen LogP contribution in [0.15, 0.2) is 42.5 Å². The number of hydrogen-bond donors (Lipinski definition) is 1. The highest BCUT2D eigenvalue weighted by Gasteiger charge is 2.10. The molecule has 1 unspecified atom stereocenters. The van der Waals surface area contributed by atoms with Crippen molar-refractivity contribution < 1.29 is 0 Å². The lowest BCUT2D eigenvalue weighted by atomic mass is 9.99. The fraction of sp³-hybridized carbons (Fsp3) is 0.333. The van der Waals surface area contributed by atoms with E-state index in [-0.39, 0.29) is 6.04 Å². The maximum absolute atomic E-state index is 6.27. The zero-order valence-corrected chi connectivity index (χ0v) is 13.3. The lowest BCUT2D eigenvalue weighted by Gasteiger charge is -2.19. The van der Waals surface area contributed by atoms with Crippen LogP contribution in [0.3, 0.4) is 0 Å². The van der Waals surface area contributed by atoms with Crippen LogP contribution in [0.2, 0.25) is 5.02 Å². The van der Waals surface area contributed by atoms with Gasteiger partial charge in [-0.2, -0.15) is 0 Å². The summed E-state index contributed by atoms with van der Waals surface area (Å²) >= 11 is 6.27. The molecule has 0 bridgehead atoms. The van der Waals surface area contributed by atoms with Crippen LogP contribution in [0.5, 0.6) is 0 Å². The molecule has 2 aromatic carbocycles. The molecule has 0 heterocycles. The van der Waals surface area contributed by atoms with Gasteiger partial charge >= 0.3 is 0 Å². The molecular formula is C18H22ClN. The van der Waals surface area contributed by atoms with E-state index in [9.17, 15) is 0 Å². The molecule has 0 aromatic heterocycles. The number of aryl methyl sites for hydroxylation is 1. The van der Waals surface area contributed by atoms with E-state index in [1.807, 2.05) is 12.1 Å². The van der Waals surface area contributed by atoms with Gasteiger partial charge in [0.05, 0.1) is 10.7 Å². The second-order valence-corrected chi connectivity index (χ2v) is 6.03. The van der Waals surface area contributed by atoms with Gasteiger partial charge in [-0.3, -0.25) is 0 Å². The van der Waals surface area contributed by atoms with Crippen LogP contribution in [0.4, 0.5) is 5.69 Å². The maximum Gasteiger partial charge on any atom is 0.0640 e. The number of benzene rings is 2. The highest BCUT2D eigenvalue weighted by Crippen LogP contribution is 2.29. The van der Waals surface area contributed by atoms with Crippen LogP contribution in [-0.4, -0.2) is 0 Å². The van der Waals surface area contributed by atoms with Crippen molar-refractivity contribution in [1.82, 2.24) is 0 Å². The maximum atomic E-state index is 6.27. The summed E-state index contributed by atoms with van der Waals surface area (Å²) < 4.78 is 0. The average molecular weight is 288 g/mol. The summed E-state index contributed by atoms with van der Waals surface area (Å²) in [7, 11) is 0. The summed E-state index contributed by atoms with van der Waals surface area (Å²) in [5.74, 6) is 0.568. The summed E-state index contributed by atoms with van der Waals surface area (Å²) in [6, 6.07) is 15.0. The van der Waals surface area contributed by atoms with Gasteiger partial charge in [0.2, 0.25) is 0 Å². The number of hydrogen-bond acceptors (Lipinski definition) is 1. The number of anilines is 1. The third-order valence-electron chi connectivity index (χ3n) is 3.69. The highest BCUT2D eigenvalue weighted by molar-refractivity contribution is 6.33. The summed E-state index contributed by atoms with van der Waals surface area (Å²) in [5, 5.41) is 4.29. The molecule has 2 heteroatoms. The summed E-state index contributed by atoms with van der Waals surface area (Å²) in [5.41, 5.74) is 4.83.